The highest BCUT2D eigenvalue weighted by molar-refractivity contribution is 6.06. The topological polar surface area (TPSA) is 80.3 Å². The van der Waals surface area contributed by atoms with Crippen LogP contribution in [0.1, 0.15) is 16.8 Å². The molecule has 0 bridgehead atoms. The van der Waals surface area contributed by atoms with Crippen LogP contribution in [0.3, 0.4) is 0 Å². The maximum absolute atomic E-state index is 12.1. The van der Waals surface area contributed by atoms with E-state index in [0.717, 1.165) is 13.0 Å². The fourth-order valence-corrected chi connectivity index (χ4v) is 2.08. The Kier molecular flexibility index (Phi) is 5.85. The van der Waals surface area contributed by atoms with E-state index in [2.05, 4.69) is 15.6 Å². The quantitative estimate of drug-likeness (QED) is 0.565. The van der Waals surface area contributed by atoms with Crippen LogP contribution in [-0.2, 0) is 4.79 Å². The number of nitrogens with zero attached hydrogens (tertiary/aromatic N) is 1. The molecule has 0 saturated heterocycles. The molecule has 116 valence electrons. The Labute approximate surface area is 128 Å². The van der Waals surface area contributed by atoms with Crippen molar-refractivity contribution in [1.82, 2.24) is 15.6 Å². The lowest BCUT2D eigenvalue weighted by Crippen LogP contribution is -2.25. The van der Waals surface area contributed by atoms with E-state index >= 15 is 0 Å². The van der Waals surface area contributed by atoms with Crippen LogP contribution in [-0.4, -0.2) is 43.9 Å². The highest BCUT2D eigenvalue weighted by atomic mass is 16.5. The summed E-state index contributed by atoms with van der Waals surface area (Å²) in [6.45, 7) is 1.47. The lowest BCUT2D eigenvalue weighted by molar-refractivity contribution is -0.107. The van der Waals surface area contributed by atoms with Crippen LogP contribution in [0.4, 0.5) is 0 Å². The number of hydrogen-bond donors (Lipinski definition) is 2. The maximum Gasteiger partial charge on any atom is 0.252 e. The summed E-state index contributed by atoms with van der Waals surface area (Å²) in [6, 6.07) is 7.09. The lowest BCUT2D eigenvalue weighted by atomic mass is 10.1. The predicted octanol–water partition coefficient (Wildman–Crippen LogP) is 1.15. The molecule has 0 saturated carbocycles. The van der Waals surface area contributed by atoms with Gasteiger partial charge in [0.1, 0.15) is 12.0 Å². The molecule has 0 fully saturated rings. The average Bonchev–Trinajstić information content (AvgIpc) is 2.56. The van der Waals surface area contributed by atoms with Gasteiger partial charge < -0.3 is 20.2 Å². The van der Waals surface area contributed by atoms with Crippen molar-refractivity contribution in [2.24, 2.45) is 0 Å². The molecule has 0 radical (unpaired) electrons. The van der Waals surface area contributed by atoms with Crippen LogP contribution in [0, 0.1) is 0 Å². The summed E-state index contributed by atoms with van der Waals surface area (Å²) in [5, 5.41) is 6.30. The van der Waals surface area contributed by atoms with Gasteiger partial charge in [-0.05, 0) is 44.3 Å². The van der Waals surface area contributed by atoms with Gasteiger partial charge in [-0.15, -0.1) is 0 Å². The Morgan fingerprint density at radius 3 is 3.00 bits per heavy atom. The third-order valence-corrected chi connectivity index (χ3v) is 3.14. The van der Waals surface area contributed by atoms with Crippen molar-refractivity contribution < 1.29 is 14.3 Å². The first kappa shape index (κ1) is 15.9. The van der Waals surface area contributed by atoms with Gasteiger partial charge in [-0.2, -0.15) is 0 Å². The van der Waals surface area contributed by atoms with Gasteiger partial charge in [0, 0.05) is 11.6 Å². The Morgan fingerprint density at radius 1 is 1.36 bits per heavy atom. The van der Waals surface area contributed by atoms with Crippen LogP contribution >= 0.6 is 0 Å². The zero-order chi connectivity index (χ0) is 15.8. The Hall–Kier alpha value is -2.47. The number of nitrogens with one attached hydrogen (secondary N) is 2. The summed E-state index contributed by atoms with van der Waals surface area (Å²) in [6.07, 6.45) is 3.12. The molecule has 0 unspecified atom stereocenters. The van der Waals surface area contributed by atoms with Crippen molar-refractivity contribution in [2.45, 2.75) is 6.42 Å². The van der Waals surface area contributed by atoms with Gasteiger partial charge in [-0.25, -0.2) is 0 Å². The predicted molar refractivity (Wildman–Crippen MR) is 84.2 cm³/mol. The van der Waals surface area contributed by atoms with E-state index in [9.17, 15) is 9.59 Å². The second kappa shape index (κ2) is 8.09. The molecule has 6 nitrogen and oxygen atoms in total. The third kappa shape index (κ3) is 4.02. The zero-order valence-electron chi connectivity index (χ0n) is 12.5. The van der Waals surface area contributed by atoms with Crippen LogP contribution < -0.4 is 15.4 Å². The molecule has 2 N–H and O–H groups in total. The fourth-order valence-electron chi connectivity index (χ4n) is 2.08. The second-order valence-electron chi connectivity index (χ2n) is 4.72. The van der Waals surface area contributed by atoms with E-state index in [1.165, 1.54) is 0 Å². The molecule has 0 spiro atoms. The summed E-state index contributed by atoms with van der Waals surface area (Å²) in [7, 11) is 1.89. The molecule has 1 aromatic heterocycles. The van der Waals surface area contributed by atoms with Crippen molar-refractivity contribution in [1.29, 1.82) is 0 Å². The average molecular weight is 301 g/mol. The summed E-state index contributed by atoms with van der Waals surface area (Å²) >= 11 is 0. The first-order valence-electron chi connectivity index (χ1n) is 7.14. The molecule has 6 heteroatoms. The summed E-state index contributed by atoms with van der Waals surface area (Å²) in [4.78, 5) is 26.7. The van der Waals surface area contributed by atoms with Gasteiger partial charge in [0.25, 0.3) is 5.91 Å². The third-order valence-electron chi connectivity index (χ3n) is 3.14. The first-order valence-corrected chi connectivity index (χ1v) is 7.14. The number of fused-ring (bicyclic) bond motifs is 1. The fraction of sp³-hybridized carbons (Fsp3) is 0.312. The van der Waals surface area contributed by atoms with Crippen molar-refractivity contribution in [3.63, 3.8) is 0 Å². The molecular formula is C16H19N3O3. The highest BCUT2D eigenvalue weighted by Gasteiger charge is 2.11. The molecule has 0 atom stereocenters. The van der Waals surface area contributed by atoms with Gasteiger partial charge in [0.05, 0.1) is 24.2 Å². The lowest BCUT2D eigenvalue weighted by Gasteiger charge is -2.09. The molecule has 2 rings (SSSR count). The molecule has 1 heterocycles. The van der Waals surface area contributed by atoms with Crippen LogP contribution in [0.25, 0.3) is 10.9 Å². The second-order valence-corrected chi connectivity index (χ2v) is 4.72. The number of pyridine rings is 1. The molecule has 0 aliphatic heterocycles. The number of aromatic nitrogens is 1. The molecule has 2 aromatic rings. The van der Waals surface area contributed by atoms with E-state index in [1.807, 2.05) is 19.2 Å². The number of carbonyl (C=O) groups excluding carboxylic acids is 2. The Balaban J connectivity index is 2.21. The minimum atomic E-state index is -0.299. The number of hydrogen-bond acceptors (Lipinski definition) is 5. The number of carbonyl (C=O) groups is 2. The van der Waals surface area contributed by atoms with Crippen LogP contribution in [0.5, 0.6) is 5.75 Å². The van der Waals surface area contributed by atoms with E-state index in [1.54, 1.807) is 18.3 Å². The van der Waals surface area contributed by atoms with Gasteiger partial charge in [-0.1, -0.05) is 0 Å². The molecule has 1 aromatic carbocycles. The Morgan fingerprint density at radius 2 is 2.23 bits per heavy atom. The summed E-state index contributed by atoms with van der Waals surface area (Å²) in [5.74, 6) is 0.396. The molecular weight excluding hydrogens is 282 g/mol. The van der Waals surface area contributed by atoms with E-state index < -0.39 is 0 Å². The van der Waals surface area contributed by atoms with E-state index in [4.69, 9.17) is 4.74 Å². The summed E-state index contributed by atoms with van der Waals surface area (Å²) in [5.41, 5.74) is 1.19. The van der Waals surface area contributed by atoms with Gasteiger partial charge in [0.2, 0.25) is 0 Å². The molecule has 1 amide bonds. The molecule has 0 aliphatic carbocycles. The summed E-state index contributed by atoms with van der Waals surface area (Å²) < 4.78 is 5.68. The minimum absolute atomic E-state index is 0.0111. The van der Waals surface area contributed by atoms with Gasteiger partial charge in [-0.3, -0.25) is 9.78 Å². The van der Waals surface area contributed by atoms with Crippen molar-refractivity contribution in [2.75, 3.05) is 26.7 Å². The van der Waals surface area contributed by atoms with Crippen molar-refractivity contribution >= 4 is 23.1 Å². The SMILES string of the molecule is CNCCCOc1ccc2nccc(C(=O)NCC=O)c2c1. The Bertz CT molecular complexity index is 658. The monoisotopic (exact) mass is 301 g/mol. The molecule has 22 heavy (non-hydrogen) atoms. The molecule has 0 aliphatic rings. The van der Waals surface area contributed by atoms with Crippen molar-refractivity contribution in [3.05, 3.63) is 36.0 Å². The number of ether oxygens (including phenoxy) is 1. The maximum atomic E-state index is 12.1. The standard InChI is InChI=1S/C16H19N3O3/c1-17-6-2-10-22-12-3-4-15-14(11-12)13(5-7-18-15)16(21)19-8-9-20/h3-5,7,9,11,17H,2,6,8,10H2,1H3,(H,19,21). The van der Waals surface area contributed by atoms with E-state index in [-0.39, 0.29) is 12.5 Å². The smallest absolute Gasteiger partial charge is 0.252 e. The number of rotatable bonds is 8. The normalized spacial score (nSPS) is 10.4. The van der Waals surface area contributed by atoms with Gasteiger partial charge in [0.15, 0.2) is 0 Å². The van der Waals surface area contributed by atoms with E-state index in [0.29, 0.717) is 35.1 Å². The van der Waals surface area contributed by atoms with Crippen LogP contribution in [0.2, 0.25) is 0 Å². The zero-order valence-corrected chi connectivity index (χ0v) is 12.5. The number of amides is 1. The minimum Gasteiger partial charge on any atom is -0.494 e. The van der Waals surface area contributed by atoms with Gasteiger partial charge >= 0.3 is 0 Å². The highest BCUT2D eigenvalue weighted by Crippen LogP contribution is 2.22. The number of aldehydes is 1. The largest absolute Gasteiger partial charge is 0.494 e. The van der Waals surface area contributed by atoms with Crippen LogP contribution in [0.15, 0.2) is 30.5 Å². The van der Waals surface area contributed by atoms with Crippen molar-refractivity contribution in [3.8, 4) is 5.75 Å². The number of benzene rings is 1. The first-order chi connectivity index (χ1) is 10.8.